The summed E-state index contributed by atoms with van der Waals surface area (Å²) in [6.07, 6.45) is 8.59. The fraction of sp³-hybridized carbons (Fsp3) is 0.625. The van der Waals surface area contributed by atoms with Gasteiger partial charge >= 0.3 is 0 Å². The molecule has 1 aliphatic heterocycles. The maximum atomic E-state index is 12.1. The van der Waals surface area contributed by atoms with Crippen LogP contribution in [0.15, 0.2) is 12.1 Å². The number of pyridine rings is 1. The molecular formula is C16H22N2O2. The number of nitrogens with zero attached hydrogens (tertiary/aromatic N) is 1. The van der Waals surface area contributed by atoms with Crippen molar-refractivity contribution in [2.45, 2.75) is 51.0 Å². The number of nitrogens with one attached hydrogen (secondary N) is 1. The van der Waals surface area contributed by atoms with Gasteiger partial charge in [0.2, 0.25) is 5.88 Å². The Hall–Kier alpha value is -1.58. The van der Waals surface area contributed by atoms with Crippen LogP contribution in [-0.2, 0) is 6.42 Å². The van der Waals surface area contributed by atoms with Gasteiger partial charge in [-0.15, -0.1) is 0 Å². The maximum Gasteiger partial charge on any atom is 0.253 e. The van der Waals surface area contributed by atoms with Gasteiger partial charge in [-0.05, 0) is 18.4 Å². The highest BCUT2D eigenvalue weighted by molar-refractivity contribution is 5.96. The van der Waals surface area contributed by atoms with Crippen molar-refractivity contribution in [2.75, 3.05) is 7.11 Å². The van der Waals surface area contributed by atoms with E-state index < -0.39 is 0 Å². The standard InChI is InChI=1S/C16H22N2O2/c1-20-15-8-7-13-14(18-15)10-12(17-16(13)19)9-11-5-3-2-4-6-11/h7-8,11-12H,2-6,9-10H2,1H3,(H,17,19). The number of hydrogen-bond donors (Lipinski definition) is 1. The molecule has 1 aliphatic carbocycles. The smallest absolute Gasteiger partial charge is 0.253 e. The molecule has 1 unspecified atom stereocenters. The molecule has 0 spiro atoms. The fourth-order valence-corrected chi connectivity index (χ4v) is 3.47. The lowest BCUT2D eigenvalue weighted by molar-refractivity contribution is 0.0914. The van der Waals surface area contributed by atoms with Gasteiger partial charge in [0.25, 0.3) is 5.91 Å². The van der Waals surface area contributed by atoms with Gasteiger partial charge < -0.3 is 10.1 Å². The summed E-state index contributed by atoms with van der Waals surface area (Å²) in [4.78, 5) is 16.6. The molecule has 0 aromatic carbocycles. The molecule has 4 nitrogen and oxygen atoms in total. The average Bonchev–Trinajstić information content (AvgIpc) is 2.47. The first-order valence-corrected chi connectivity index (χ1v) is 7.61. The van der Waals surface area contributed by atoms with Gasteiger partial charge in [0.15, 0.2) is 0 Å². The van der Waals surface area contributed by atoms with E-state index in [0.29, 0.717) is 11.4 Å². The maximum absolute atomic E-state index is 12.1. The number of aromatic nitrogens is 1. The zero-order valence-electron chi connectivity index (χ0n) is 12.0. The molecule has 4 heteroatoms. The molecule has 1 aromatic heterocycles. The highest BCUT2D eigenvalue weighted by atomic mass is 16.5. The van der Waals surface area contributed by atoms with Crippen molar-refractivity contribution < 1.29 is 9.53 Å². The molecule has 1 amide bonds. The van der Waals surface area contributed by atoms with Gasteiger partial charge in [0, 0.05) is 18.5 Å². The van der Waals surface area contributed by atoms with E-state index in [1.54, 1.807) is 13.2 Å². The van der Waals surface area contributed by atoms with Crippen molar-refractivity contribution in [3.63, 3.8) is 0 Å². The molecule has 1 saturated carbocycles. The lowest BCUT2D eigenvalue weighted by atomic mass is 9.83. The highest BCUT2D eigenvalue weighted by Gasteiger charge is 2.28. The third kappa shape index (κ3) is 2.79. The van der Waals surface area contributed by atoms with Crippen LogP contribution in [0.3, 0.4) is 0 Å². The largest absolute Gasteiger partial charge is 0.481 e. The van der Waals surface area contributed by atoms with E-state index in [9.17, 15) is 4.79 Å². The number of ether oxygens (including phenoxy) is 1. The van der Waals surface area contributed by atoms with Crippen molar-refractivity contribution in [1.82, 2.24) is 10.3 Å². The first-order valence-electron chi connectivity index (χ1n) is 7.61. The Balaban J connectivity index is 1.71. The molecule has 20 heavy (non-hydrogen) atoms. The van der Waals surface area contributed by atoms with Gasteiger partial charge in [-0.1, -0.05) is 32.1 Å². The molecule has 108 valence electrons. The second-order valence-corrected chi connectivity index (χ2v) is 5.96. The summed E-state index contributed by atoms with van der Waals surface area (Å²) in [5.74, 6) is 1.37. The van der Waals surface area contributed by atoms with Gasteiger partial charge in [-0.25, -0.2) is 4.98 Å². The van der Waals surface area contributed by atoms with Crippen LogP contribution >= 0.6 is 0 Å². The van der Waals surface area contributed by atoms with Crippen molar-refractivity contribution in [2.24, 2.45) is 5.92 Å². The van der Waals surface area contributed by atoms with Crippen molar-refractivity contribution >= 4 is 5.91 Å². The first-order chi connectivity index (χ1) is 9.76. The molecule has 1 N–H and O–H groups in total. The Bertz CT molecular complexity index is 495. The van der Waals surface area contributed by atoms with Crippen LogP contribution in [0.2, 0.25) is 0 Å². The van der Waals surface area contributed by atoms with E-state index in [0.717, 1.165) is 24.5 Å². The molecule has 1 aromatic rings. The molecule has 0 bridgehead atoms. The van der Waals surface area contributed by atoms with E-state index in [1.807, 2.05) is 6.07 Å². The SMILES string of the molecule is COc1ccc2c(n1)CC(CC1CCCCC1)NC2=O. The normalized spacial score (nSPS) is 23.1. The first kappa shape index (κ1) is 13.4. The Kier molecular flexibility index (Phi) is 3.90. The zero-order valence-corrected chi connectivity index (χ0v) is 12.0. The van der Waals surface area contributed by atoms with E-state index in [1.165, 1.54) is 32.1 Å². The Morgan fingerprint density at radius 3 is 2.85 bits per heavy atom. The van der Waals surface area contributed by atoms with E-state index in [4.69, 9.17) is 4.74 Å². The molecule has 1 atom stereocenters. The summed E-state index contributed by atoms with van der Waals surface area (Å²) >= 11 is 0. The number of carbonyl (C=O) groups is 1. The molecule has 0 saturated heterocycles. The topological polar surface area (TPSA) is 51.2 Å². The van der Waals surface area contributed by atoms with Gasteiger partial charge in [0.05, 0.1) is 18.4 Å². The van der Waals surface area contributed by atoms with Crippen molar-refractivity contribution in [3.8, 4) is 5.88 Å². The molecule has 1 fully saturated rings. The third-order valence-corrected chi connectivity index (χ3v) is 4.52. The quantitative estimate of drug-likeness (QED) is 0.922. The number of amides is 1. The van der Waals surface area contributed by atoms with Crippen molar-refractivity contribution in [1.29, 1.82) is 0 Å². The highest BCUT2D eigenvalue weighted by Crippen LogP contribution is 2.29. The lowest BCUT2D eigenvalue weighted by Gasteiger charge is -2.30. The molecule has 2 heterocycles. The van der Waals surface area contributed by atoms with Crippen molar-refractivity contribution in [3.05, 3.63) is 23.4 Å². The summed E-state index contributed by atoms with van der Waals surface area (Å²) < 4.78 is 5.16. The Morgan fingerprint density at radius 2 is 2.10 bits per heavy atom. The second kappa shape index (κ2) is 5.81. The summed E-state index contributed by atoms with van der Waals surface area (Å²) in [5.41, 5.74) is 1.58. The van der Waals surface area contributed by atoms with E-state index >= 15 is 0 Å². The van der Waals surface area contributed by atoms with E-state index in [2.05, 4.69) is 10.3 Å². The molecule has 0 radical (unpaired) electrons. The monoisotopic (exact) mass is 274 g/mol. The lowest BCUT2D eigenvalue weighted by Crippen LogP contribution is -2.43. The number of carbonyl (C=O) groups excluding carboxylic acids is 1. The zero-order chi connectivity index (χ0) is 13.9. The number of hydrogen-bond acceptors (Lipinski definition) is 3. The third-order valence-electron chi connectivity index (χ3n) is 4.52. The van der Waals surface area contributed by atoms with Crippen LogP contribution in [0.5, 0.6) is 5.88 Å². The minimum Gasteiger partial charge on any atom is -0.481 e. The average molecular weight is 274 g/mol. The summed E-state index contributed by atoms with van der Waals surface area (Å²) in [6.45, 7) is 0. The predicted molar refractivity (Wildman–Crippen MR) is 76.9 cm³/mol. The molecular weight excluding hydrogens is 252 g/mol. The fourth-order valence-electron chi connectivity index (χ4n) is 3.47. The van der Waals surface area contributed by atoms with Gasteiger partial charge in [-0.3, -0.25) is 4.79 Å². The molecule has 3 rings (SSSR count). The van der Waals surface area contributed by atoms with Crippen LogP contribution in [0.1, 0.15) is 54.6 Å². The number of fused-ring (bicyclic) bond motifs is 1. The predicted octanol–water partition coefficient (Wildman–Crippen LogP) is 2.72. The molecule has 2 aliphatic rings. The summed E-state index contributed by atoms with van der Waals surface area (Å²) in [5, 5.41) is 3.14. The van der Waals surface area contributed by atoms with Crippen LogP contribution in [-0.4, -0.2) is 24.0 Å². The van der Waals surface area contributed by atoms with Crippen LogP contribution in [0.4, 0.5) is 0 Å². The van der Waals surface area contributed by atoms with E-state index in [-0.39, 0.29) is 11.9 Å². The Labute approximate surface area is 119 Å². The number of rotatable bonds is 3. The summed E-state index contributed by atoms with van der Waals surface area (Å²) in [7, 11) is 1.61. The second-order valence-electron chi connectivity index (χ2n) is 5.96. The number of methoxy groups -OCH3 is 1. The Morgan fingerprint density at radius 1 is 1.30 bits per heavy atom. The van der Waals surface area contributed by atoms with Crippen LogP contribution in [0.25, 0.3) is 0 Å². The summed E-state index contributed by atoms with van der Waals surface area (Å²) in [6, 6.07) is 3.80. The van der Waals surface area contributed by atoms with Crippen LogP contribution < -0.4 is 10.1 Å². The van der Waals surface area contributed by atoms with Gasteiger partial charge in [-0.2, -0.15) is 0 Å². The van der Waals surface area contributed by atoms with Crippen LogP contribution in [0, 0.1) is 5.92 Å². The minimum absolute atomic E-state index is 0.0159. The van der Waals surface area contributed by atoms with Gasteiger partial charge in [0.1, 0.15) is 0 Å². The minimum atomic E-state index is 0.0159.